The zero-order valence-electron chi connectivity index (χ0n) is 11.7. The first-order valence-electron chi connectivity index (χ1n) is 7.71. The van der Waals surface area contributed by atoms with E-state index >= 15 is 0 Å². The van der Waals surface area contributed by atoms with E-state index < -0.39 is 0 Å². The van der Waals surface area contributed by atoms with Crippen molar-refractivity contribution in [2.75, 3.05) is 26.4 Å². The molecule has 0 amide bonds. The molecule has 3 aliphatic rings. The van der Waals surface area contributed by atoms with Crippen molar-refractivity contribution in [1.82, 2.24) is 5.32 Å². The van der Waals surface area contributed by atoms with Crippen molar-refractivity contribution in [3.63, 3.8) is 0 Å². The van der Waals surface area contributed by atoms with E-state index in [0.717, 1.165) is 32.7 Å². The molecule has 0 bridgehead atoms. The summed E-state index contributed by atoms with van der Waals surface area (Å²) in [7, 11) is 0. The molecule has 3 heteroatoms. The molecule has 2 unspecified atom stereocenters. The van der Waals surface area contributed by atoms with Crippen molar-refractivity contribution in [1.29, 1.82) is 0 Å². The third-order valence-electron chi connectivity index (χ3n) is 5.06. The molecule has 3 nitrogen and oxygen atoms in total. The zero-order chi connectivity index (χ0) is 12.5. The average Bonchev–Trinajstić information content (AvgIpc) is 3.01. The number of hydrogen-bond donors (Lipinski definition) is 1. The molecule has 3 fully saturated rings. The zero-order valence-corrected chi connectivity index (χ0v) is 11.7. The van der Waals surface area contributed by atoms with E-state index in [4.69, 9.17) is 9.47 Å². The van der Waals surface area contributed by atoms with Gasteiger partial charge in [0.15, 0.2) is 0 Å². The minimum Gasteiger partial charge on any atom is -0.378 e. The Kier molecular flexibility index (Phi) is 3.65. The Balaban J connectivity index is 1.48. The first-order valence-corrected chi connectivity index (χ1v) is 7.71. The van der Waals surface area contributed by atoms with Crippen molar-refractivity contribution in [3.8, 4) is 0 Å². The molecule has 2 heterocycles. The van der Waals surface area contributed by atoms with Gasteiger partial charge in [0.25, 0.3) is 0 Å². The van der Waals surface area contributed by atoms with Crippen LogP contribution in [0.15, 0.2) is 0 Å². The molecule has 0 aromatic carbocycles. The van der Waals surface area contributed by atoms with E-state index in [0.29, 0.717) is 11.5 Å². The van der Waals surface area contributed by atoms with Gasteiger partial charge in [0.2, 0.25) is 0 Å². The summed E-state index contributed by atoms with van der Waals surface area (Å²) in [4.78, 5) is 0. The van der Waals surface area contributed by atoms with Gasteiger partial charge in [-0.15, -0.1) is 0 Å². The fourth-order valence-corrected chi connectivity index (χ4v) is 3.65. The molecule has 104 valence electrons. The molecular weight excluding hydrogens is 226 g/mol. The van der Waals surface area contributed by atoms with Crippen LogP contribution >= 0.6 is 0 Å². The van der Waals surface area contributed by atoms with E-state index in [-0.39, 0.29) is 5.60 Å². The third kappa shape index (κ3) is 2.73. The summed E-state index contributed by atoms with van der Waals surface area (Å²) in [6.45, 7) is 6.13. The van der Waals surface area contributed by atoms with Crippen LogP contribution in [0.4, 0.5) is 0 Å². The van der Waals surface area contributed by atoms with Gasteiger partial charge in [-0.3, -0.25) is 0 Å². The van der Waals surface area contributed by atoms with Gasteiger partial charge >= 0.3 is 0 Å². The van der Waals surface area contributed by atoms with Gasteiger partial charge in [-0.25, -0.2) is 0 Å². The van der Waals surface area contributed by atoms with Crippen LogP contribution in [-0.4, -0.2) is 38.0 Å². The van der Waals surface area contributed by atoms with E-state index in [1.54, 1.807) is 0 Å². The number of rotatable bonds is 5. The van der Waals surface area contributed by atoms with Crippen LogP contribution in [0.1, 0.15) is 51.9 Å². The van der Waals surface area contributed by atoms with E-state index in [1.807, 2.05) is 0 Å². The van der Waals surface area contributed by atoms with Gasteiger partial charge in [0.1, 0.15) is 0 Å². The topological polar surface area (TPSA) is 30.5 Å². The summed E-state index contributed by atoms with van der Waals surface area (Å²) in [5, 5.41) is 3.82. The molecule has 1 N–H and O–H groups in total. The first kappa shape index (κ1) is 12.9. The van der Waals surface area contributed by atoms with E-state index in [9.17, 15) is 0 Å². The Labute approximate surface area is 111 Å². The molecule has 1 saturated carbocycles. The quantitative estimate of drug-likeness (QED) is 0.816. The molecule has 2 saturated heterocycles. The monoisotopic (exact) mass is 253 g/mol. The largest absolute Gasteiger partial charge is 0.378 e. The van der Waals surface area contributed by atoms with Crippen LogP contribution in [0.25, 0.3) is 0 Å². The predicted molar refractivity (Wildman–Crippen MR) is 71.7 cm³/mol. The van der Waals surface area contributed by atoms with Crippen molar-refractivity contribution >= 4 is 0 Å². The Morgan fingerprint density at radius 1 is 1.22 bits per heavy atom. The highest BCUT2D eigenvalue weighted by Crippen LogP contribution is 2.49. The van der Waals surface area contributed by atoms with E-state index in [1.165, 1.54) is 38.6 Å². The third-order valence-corrected chi connectivity index (χ3v) is 5.06. The summed E-state index contributed by atoms with van der Waals surface area (Å²) >= 11 is 0. The lowest BCUT2D eigenvalue weighted by atomic mass is 9.89. The van der Waals surface area contributed by atoms with Gasteiger partial charge in [0.05, 0.1) is 12.2 Å². The Hall–Kier alpha value is -0.120. The summed E-state index contributed by atoms with van der Waals surface area (Å²) in [5.41, 5.74) is 0.712. The smallest absolute Gasteiger partial charge is 0.0951 e. The first-order chi connectivity index (χ1) is 8.76. The molecule has 1 spiro atoms. The maximum atomic E-state index is 5.99. The number of ether oxygens (including phenoxy) is 2. The molecule has 3 rings (SSSR count). The van der Waals surface area contributed by atoms with Gasteiger partial charge in [-0.1, -0.05) is 13.3 Å². The number of hydrogen-bond acceptors (Lipinski definition) is 3. The highest BCUT2D eigenvalue weighted by atomic mass is 16.6. The number of nitrogens with one attached hydrogen (secondary N) is 1. The van der Waals surface area contributed by atoms with Crippen molar-refractivity contribution in [2.24, 2.45) is 5.41 Å². The Bertz CT molecular complexity index is 282. The molecule has 0 aromatic rings. The minimum atomic E-state index is 0.0530. The molecule has 2 atom stereocenters. The highest BCUT2D eigenvalue weighted by Gasteiger charge is 2.44. The molecule has 18 heavy (non-hydrogen) atoms. The van der Waals surface area contributed by atoms with Crippen LogP contribution in [-0.2, 0) is 9.47 Å². The fourth-order valence-electron chi connectivity index (χ4n) is 3.65. The van der Waals surface area contributed by atoms with Gasteiger partial charge in [0, 0.05) is 32.2 Å². The van der Waals surface area contributed by atoms with Crippen LogP contribution in [0.2, 0.25) is 0 Å². The van der Waals surface area contributed by atoms with Gasteiger partial charge < -0.3 is 14.8 Å². The van der Waals surface area contributed by atoms with E-state index in [2.05, 4.69) is 12.2 Å². The molecule has 0 radical (unpaired) electrons. The molecule has 1 aliphatic carbocycles. The lowest BCUT2D eigenvalue weighted by Gasteiger charge is -2.38. The molecule has 0 aromatic heterocycles. The minimum absolute atomic E-state index is 0.0530. The summed E-state index contributed by atoms with van der Waals surface area (Å²) in [6.07, 6.45) is 9.01. The van der Waals surface area contributed by atoms with Crippen molar-refractivity contribution in [3.05, 3.63) is 0 Å². The van der Waals surface area contributed by atoms with Crippen LogP contribution in [0.5, 0.6) is 0 Å². The van der Waals surface area contributed by atoms with Crippen molar-refractivity contribution in [2.45, 2.75) is 63.5 Å². The Morgan fingerprint density at radius 2 is 2.11 bits per heavy atom. The lowest BCUT2D eigenvalue weighted by Crippen LogP contribution is -2.48. The predicted octanol–water partition coefficient (Wildman–Crippen LogP) is 2.49. The second kappa shape index (κ2) is 5.10. The standard InChI is InChI=1S/C15H27NO2/c1-2-4-14(5-6-14)11-16-13-3-8-18-15(10-13)7-9-17-12-15/h13,16H,2-12H2,1H3. The summed E-state index contributed by atoms with van der Waals surface area (Å²) in [5.74, 6) is 0. The van der Waals surface area contributed by atoms with Crippen LogP contribution in [0.3, 0.4) is 0 Å². The average molecular weight is 253 g/mol. The summed E-state index contributed by atoms with van der Waals surface area (Å²) < 4.78 is 11.5. The Morgan fingerprint density at radius 3 is 2.78 bits per heavy atom. The maximum absolute atomic E-state index is 5.99. The SMILES string of the molecule is CCCC1(CNC2CCOC3(CCOC3)C2)CC1. The highest BCUT2D eigenvalue weighted by molar-refractivity contribution is 4.97. The normalized spacial score (nSPS) is 38.2. The fraction of sp³-hybridized carbons (Fsp3) is 1.00. The lowest BCUT2D eigenvalue weighted by molar-refractivity contribution is -0.0896. The maximum Gasteiger partial charge on any atom is 0.0951 e. The molecule has 2 aliphatic heterocycles. The van der Waals surface area contributed by atoms with Crippen LogP contribution in [0, 0.1) is 5.41 Å². The van der Waals surface area contributed by atoms with Gasteiger partial charge in [-0.2, -0.15) is 0 Å². The van der Waals surface area contributed by atoms with Crippen molar-refractivity contribution < 1.29 is 9.47 Å². The van der Waals surface area contributed by atoms with Crippen LogP contribution < -0.4 is 5.32 Å². The second-order valence-electron chi connectivity index (χ2n) is 6.65. The molecular formula is C15H27NO2. The second-order valence-corrected chi connectivity index (χ2v) is 6.65. The van der Waals surface area contributed by atoms with Gasteiger partial charge in [-0.05, 0) is 37.5 Å². The summed E-state index contributed by atoms with van der Waals surface area (Å²) in [6, 6.07) is 0.648.